The van der Waals surface area contributed by atoms with E-state index < -0.39 is 11.8 Å². The van der Waals surface area contributed by atoms with Crippen LogP contribution in [0.5, 0.6) is 0 Å². The minimum atomic E-state index is -1.27. The lowest BCUT2D eigenvalue weighted by Gasteiger charge is -2.05. The van der Waals surface area contributed by atoms with Crippen molar-refractivity contribution in [1.29, 1.82) is 0 Å². The fraction of sp³-hybridized carbons (Fsp3) is 0.167. The third-order valence-electron chi connectivity index (χ3n) is 2.34. The highest BCUT2D eigenvalue weighted by Gasteiger charge is 2.10. The van der Waals surface area contributed by atoms with E-state index in [1.165, 1.54) is 12.1 Å². The molecule has 6 heteroatoms. The van der Waals surface area contributed by atoms with Crippen molar-refractivity contribution in [3.63, 3.8) is 0 Å². The Kier molecular flexibility index (Phi) is 3.57. The molecule has 0 saturated heterocycles. The zero-order valence-electron chi connectivity index (χ0n) is 9.61. The van der Waals surface area contributed by atoms with E-state index in [1.807, 2.05) is 6.92 Å². The van der Waals surface area contributed by atoms with E-state index in [0.29, 0.717) is 12.2 Å². The normalized spacial score (nSPS) is 10.3. The number of benzene rings is 1. The molecule has 0 unspecified atom stereocenters. The highest BCUT2D eigenvalue weighted by atomic mass is 32.1. The maximum absolute atomic E-state index is 13.4. The van der Waals surface area contributed by atoms with Gasteiger partial charge in [-0.3, -0.25) is 0 Å². The molecule has 0 aliphatic heterocycles. The number of nitrogens with zero attached hydrogens (tertiary/aromatic N) is 1. The van der Waals surface area contributed by atoms with Gasteiger partial charge in [-0.05, 0) is 25.1 Å². The van der Waals surface area contributed by atoms with Crippen LogP contribution in [0.2, 0.25) is 0 Å². The number of aromatic carboxylic acids is 1. The van der Waals surface area contributed by atoms with Crippen molar-refractivity contribution in [2.45, 2.75) is 13.5 Å². The Hall–Kier alpha value is -1.95. The minimum Gasteiger partial charge on any atom is -0.478 e. The van der Waals surface area contributed by atoms with Crippen molar-refractivity contribution in [3.05, 3.63) is 45.7 Å². The summed E-state index contributed by atoms with van der Waals surface area (Å²) in [6.45, 7) is 2.45. The summed E-state index contributed by atoms with van der Waals surface area (Å²) in [5, 5.41) is 12.7. The Morgan fingerprint density at radius 2 is 2.33 bits per heavy atom. The number of carbonyl (C=O) groups is 1. The second-order valence-electron chi connectivity index (χ2n) is 3.70. The number of nitrogens with one attached hydrogen (secondary N) is 1. The lowest BCUT2D eigenvalue weighted by Crippen LogP contribution is -2.03. The lowest BCUT2D eigenvalue weighted by molar-refractivity contribution is 0.0692. The van der Waals surface area contributed by atoms with Gasteiger partial charge >= 0.3 is 5.97 Å². The van der Waals surface area contributed by atoms with Gasteiger partial charge in [0.25, 0.3) is 0 Å². The summed E-state index contributed by atoms with van der Waals surface area (Å²) in [4.78, 5) is 15.8. The number of anilines is 1. The van der Waals surface area contributed by atoms with E-state index >= 15 is 0 Å². The Morgan fingerprint density at radius 3 is 2.89 bits per heavy atom. The molecule has 0 spiro atoms. The minimum absolute atomic E-state index is 0.325. The molecule has 0 radical (unpaired) electrons. The maximum atomic E-state index is 13.4. The fourth-order valence-electron chi connectivity index (χ4n) is 1.47. The first-order valence-corrected chi connectivity index (χ1v) is 6.06. The molecule has 0 aliphatic carbocycles. The molecule has 0 saturated carbocycles. The monoisotopic (exact) mass is 266 g/mol. The molecule has 94 valence electrons. The third kappa shape index (κ3) is 2.84. The summed E-state index contributed by atoms with van der Waals surface area (Å²) >= 11 is 1.56. The predicted molar refractivity (Wildman–Crippen MR) is 67.5 cm³/mol. The Balaban J connectivity index is 2.06. The van der Waals surface area contributed by atoms with E-state index in [2.05, 4.69) is 10.3 Å². The van der Waals surface area contributed by atoms with Gasteiger partial charge in [-0.2, -0.15) is 0 Å². The van der Waals surface area contributed by atoms with Crippen LogP contribution in [0.3, 0.4) is 0 Å². The van der Waals surface area contributed by atoms with E-state index in [1.54, 1.807) is 23.6 Å². The number of halogens is 1. The van der Waals surface area contributed by atoms with Gasteiger partial charge in [-0.1, -0.05) is 0 Å². The second-order valence-corrected chi connectivity index (χ2v) is 5.02. The SMILES string of the molecule is Cc1ncc(CNc2ccc(C(=O)O)c(F)c2)s1. The first-order valence-electron chi connectivity index (χ1n) is 5.24. The lowest BCUT2D eigenvalue weighted by atomic mass is 10.2. The number of carboxylic acids is 1. The number of hydrogen-bond acceptors (Lipinski definition) is 4. The molecule has 0 amide bonds. The zero-order valence-corrected chi connectivity index (χ0v) is 10.4. The molecule has 0 aliphatic rings. The number of aryl methyl sites for hydroxylation is 1. The van der Waals surface area contributed by atoms with Gasteiger partial charge in [0.15, 0.2) is 0 Å². The van der Waals surface area contributed by atoms with Crippen molar-refractivity contribution >= 4 is 23.0 Å². The Labute approximate surface area is 107 Å². The van der Waals surface area contributed by atoms with Crippen molar-refractivity contribution in [1.82, 2.24) is 4.98 Å². The molecule has 4 nitrogen and oxygen atoms in total. The highest BCUT2D eigenvalue weighted by Crippen LogP contribution is 2.17. The van der Waals surface area contributed by atoms with Crippen LogP contribution in [-0.2, 0) is 6.54 Å². The Bertz CT molecular complexity index is 583. The first-order chi connectivity index (χ1) is 8.56. The van der Waals surface area contributed by atoms with Gasteiger partial charge in [0.1, 0.15) is 5.82 Å². The largest absolute Gasteiger partial charge is 0.478 e. The summed E-state index contributed by atoms with van der Waals surface area (Å²) in [5.74, 6) is -2.01. The van der Waals surface area contributed by atoms with E-state index in [-0.39, 0.29) is 5.56 Å². The standard InChI is InChI=1S/C12H11FN2O2S/c1-7-14-5-9(18-7)6-15-8-2-3-10(12(16)17)11(13)4-8/h2-5,15H,6H2,1H3,(H,16,17). The van der Waals surface area contributed by atoms with Crippen LogP contribution in [0, 0.1) is 12.7 Å². The summed E-state index contributed by atoms with van der Waals surface area (Å²) in [5.41, 5.74) is 0.220. The number of thiazole rings is 1. The summed E-state index contributed by atoms with van der Waals surface area (Å²) in [6.07, 6.45) is 1.76. The number of rotatable bonds is 4. The molecule has 1 aromatic carbocycles. The van der Waals surface area contributed by atoms with Crippen molar-refractivity contribution in [2.75, 3.05) is 5.32 Å². The van der Waals surface area contributed by atoms with Gasteiger partial charge in [-0.25, -0.2) is 14.2 Å². The Morgan fingerprint density at radius 1 is 1.56 bits per heavy atom. The molecule has 0 atom stereocenters. The maximum Gasteiger partial charge on any atom is 0.338 e. The number of aromatic nitrogens is 1. The molecule has 2 aromatic rings. The van der Waals surface area contributed by atoms with E-state index in [4.69, 9.17) is 5.11 Å². The molecule has 1 aromatic heterocycles. The summed E-state index contributed by atoms with van der Waals surface area (Å²) < 4.78 is 13.4. The average Bonchev–Trinajstić information content (AvgIpc) is 2.72. The molecule has 1 heterocycles. The van der Waals surface area contributed by atoms with Gasteiger partial charge in [0.2, 0.25) is 0 Å². The molecular weight excluding hydrogens is 255 g/mol. The smallest absolute Gasteiger partial charge is 0.338 e. The molecular formula is C12H11FN2O2S. The van der Waals surface area contributed by atoms with Crippen LogP contribution in [0.1, 0.15) is 20.2 Å². The van der Waals surface area contributed by atoms with Crippen LogP contribution < -0.4 is 5.32 Å². The molecule has 2 N–H and O–H groups in total. The third-order valence-corrected chi connectivity index (χ3v) is 3.25. The van der Waals surface area contributed by atoms with Crippen LogP contribution in [-0.4, -0.2) is 16.1 Å². The topological polar surface area (TPSA) is 62.2 Å². The van der Waals surface area contributed by atoms with Crippen LogP contribution in [0.15, 0.2) is 24.4 Å². The van der Waals surface area contributed by atoms with Crippen LogP contribution in [0.25, 0.3) is 0 Å². The van der Waals surface area contributed by atoms with Gasteiger partial charge in [0.05, 0.1) is 17.1 Å². The predicted octanol–water partition coefficient (Wildman–Crippen LogP) is 2.90. The number of hydrogen-bond donors (Lipinski definition) is 2. The molecule has 2 rings (SSSR count). The van der Waals surface area contributed by atoms with Crippen molar-refractivity contribution in [3.8, 4) is 0 Å². The highest BCUT2D eigenvalue weighted by molar-refractivity contribution is 7.11. The zero-order chi connectivity index (χ0) is 13.1. The van der Waals surface area contributed by atoms with Crippen LogP contribution in [0.4, 0.5) is 10.1 Å². The number of carboxylic acid groups (broad SMARTS) is 1. The quantitative estimate of drug-likeness (QED) is 0.893. The summed E-state index contributed by atoms with van der Waals surface area (Å²) in [6, 6.07) is 3.97. The molecule has 0 bridgehead atoms. The van der Waals surface area contributed by atoms with Crippen LogP contribution >= 0.6 is 11.3 Å². The van der Waals surface area contributed by atoms with E-state index in [0.717, 1.165) is 9.88 Å². The first kappa shape index (κ1) is 12.5. The fourth-order valence-corrected chi connectivity index (χ4v) is 2.21. The van der Waals surface area contributed by atoms with Gasteiger partial charge in [-0.15, -0.1) is 11.3 Å². The van der Waals surface area contributed by atoms with Crippen molar-refractivity contribution < 1.29 is 14.3 Å². The van der Waals surface area contributed by atoms with Crippen molar-refractivity contribution in [2.24, 2.45) is 0 Å². The second kappa shape index (κ2) is 5.14. The molecule has 18 heavy (non-hydrogen) atoms. The van der Waals surface area contributed by atoms with Gasteiger partial charge < -0.3 is 10.4 Å². The van der Waals surface area contributed by atoms with E-state index in [9.17, 15) is 9.18 Å². The average molecular weight is 266 g/mol. The van der Waals surface area contributed by atoms with Gasteiger partial charge in [0, 0.05) is 16.8 Å². The molecule has 0 fully saturated rings. The summed E-state index contributed by atoms with van der Waals surface area (Å²) in [7, 11) is 0.